The number of non-ortho nitro benzene ring substituents is 1. The number of ether oxygens (including phenoxy) is 5. The first kappa shape index (κ1) is 27.3. The van der Waals surface area contributed by atoms with E-state index >= 15 is 0 Å². The molecule has 0 radical (unpaired) electrons. The van der Waals surface area contributed by atoms with Crippen LogP contribution in [-0.4, -0.2) is 68.4 Å². The van der Waals surface area contributed by atoms with Gasteiger partial charge in [-0.3, -0.25) is 25.7 Å². The first-order valence-electron chi connectivity index (χ1n) is 12.9. The van der Waals surface area contributed by atoms with E-state index in [-0.39, 0.29) is 11.4 Å². The van der Waals surface area contributed by atoms with Crippen molar-refractivity contribution in [3.8, 4) is 11.5 Å². The van der Waals surface area contributed by atoms with E-state index < -0.39 is 15.5 Å². The van der Waals surface area contributed by atoms with Crippen LogP contribution in [0.25, 0.3) is 11.0 Å². The number of hydrogen-bond acceptors (Lipinski definition) is 12. The number of hydrazone groups is 1. The Balaban J connectivity index is 1.45. The number of nitro benzene ring substituents is 2. The van der Waals surface area contributed by atoms with Crippen molar-refractivity contribution in [1.29, 1.82) is 0 Å². The quantitative estimate of drug-likeness (QED) is 0.360. The third-order valence-electron chi connectivity index (χ3n) is 6.35. The summed E-state index contributed by atoms with van der Waals surface area (Å²) >= 11 is 0. The first-order chi connectivity index (χ1) is 19.5. The second kappa shape index (κ2) is 12.7. The fraction of sp³-hybridized carbons (Fsp3) is 0.423. The molecule has 0 saturated carbocycles. The summed E-state index contributed by atoms with van der Waals surface area (Å²) in [4.78, 5) is 21.2. The lowest BCUT2D eigenvalue weighted by Crippen LogP contribution is -2.13. The third kappa shape index (κ3) is 6.30. The Morgan fingerprint density at radius 1 is 0.775 bits per heavy atom. The van der Waals surface area contributed by atoms with Gasteiger partial charge < -0.3 is 28.1 Å². The van der Waals surface area contributed by atoms with E-state index in [1.54, 1.807) is 6.07 Å². The van der Waals surface area contributed by atoms with Gasteiger partial charge in [-0.15, -0.1) is 0 Å². The molecule has 0 saturated heterocycles. The van der Waals surface area contributed by atoms with Crippen molar-refractivity contribution in [2.24, 2.45) is 5.10 Å². The maximum atomic E-state index is 11.5. The van der Waals surface area contributed by atoms with Crippen molar-refractivity contribution >= 4 is 33.7 Å². The molecule has 1 N–H and O–H groups in total. The molecule has 2 aromatic carbocycles. The SMILES string of the molecule is O=[N+]([O-])c1ccc(N/N=C2\CCCc3oc4cc5c(cc4c32)OCCOCCOCCOCCO5)c([N+](=O)[O-])c1. The lowest BCUT2D eigenvalue weighted by atomic mass is 9.94. The Bertz CT molecular complexity index is 1420. The van der Waals surface area contributed by atoms with Gasteiger partial charge in [-0.25, -0.2) is 0 Å². The second-order valence-corrected chi connectivity index (χ2v) is 8.97. The summed E-state index contributed by atoms with van der Waals surface area (Å²) in [5, 5.41) is 27.8. The van der Waals surface area contributed by atoms with E-state index in [1.807, 2.05) is 6.07 Å². The van der Waals surface area contributed by atoms with E-state index in [9.17, 15) is 20.2 Å². The number of nitro groups is 2. The van der Waals surface area contributed by atoms with Crippen LogP contribution in [0.5, 0.6) is 11.5 Å². The smallest absolute Gasteiger partial charge is 0.301 e. The van der Waals surface area contributed by atoms with Gasteiger partial charge >= 0.3 is 5.69 Å². The number of hydrogen-bond donors (Lipinski definition) is 1. The molecule has 212 valence electrons. The van der Waals surface area contributed by atoms with Crippen molar-refractivity contribution in [2.45, 2.75) is 19.3 Å². The van der Waals surface area contributed by atoms with Gasteiger partial charge in [0, 0.05) is 29.5 Å². The standard InChI is InChI=1S/C26H28N4O10/c31-29(32)17-4-5-19(21(14-17)30(33)34)27-28-20-2-1-3-22-26(20)18-15-24-25(16-23(18)40-22)39-13-11-37-9-7-35-6-8-36-10-12-38-24/h4-5,14-16,27H,1-3,6-13H2/b28-20+. The first-order valence-corrected chi connectivity index (χ1v) is 12.9. The molecule has 0 spiro atoms. The largest absolute Gasteiger partial charge is 0.487 e. The number of benzene rings is 2. The summed E-state index contributed by atoms with van der Waals surface area (Å²) < 4.78 is 34.7. The van der Waals surface area contributed by atoms with E-state index in [1.165, 1.54) is 12.1 Å². The summed E-state index contributed by atoms with van der Waals surface area (Å²) in [6, 6.07) is 6.97. The molecule has 5 rings (SSSR count). The number of anilines is 1. The van der Waals surface area contributed by atoms with Gasteiger partial charge in [0.25, 0.3) is 5.69 Å². The Hall–Kier alpha value is -4.27. The van der Waals surface area contributed by atoms with Crippen molar-refractivity contribution in [3.05, 3.63) is 61.9 Å². The third-order valence-corrected chi connectivity index (χ3v) is 6.35. The molecule has 0 amide bonds. The van der Waals surface area contributed by atoms with Crippen LogP contribution in [0.2, 0.25) is 0 Å². The van der Waals surface area contributed by atoms with Crippen LogP contribution in [0.1, 0.15) is 24.2 Å². The monoisotopic (exact) mass is 556 g/mol. The summed E-state index contributed by atoms with van der Waals surface area (Å²) in [5.41, 5.74) is 3.96. The maximum absolute atomic E-state index is 11.5. The molecule has 2 aliphatic rings. The lowest BCUT2D eigenvalue weighted by molar-refractivity contribution is -0.393. The van der Waals surface area contributed by atoms with Crippen LogP contribution >= 0.6 is 0 Å². The molecule has 0 atom stereocenters. The number of fused-ring (bicyclic) bond motifs is 4. The van der Waals surface area contributed by atoms with Gasteiger partial charge in [0.1, 0.15) is 30.2 Å². The molecule has 1 aromatic heterocycles. The average molecular weight is 557 g/mol. The Morgan fingerprint density at radius 2 is 1.43 bits per heavy atom. The number of aryl methyl sites for hydroxylation is 1. The van der Waals surface area contributed by atoms with Gasteiger partial charge in [0.15, 0.2) is 11.5 Å². The number of nitrogens with zero attached hydrogens (tertiary/aromatic N) is 3. The predicted molar refractivity (Wildman–Crippen MR) is 143 cm³/mol. The van der Waals surface area contributed by atoms with E-state index in [0.29, 0.717) is 88.5 Å². The molecule has 14 heteroatoms. The van der Waals surface area contributed by atoms with Crippen LogP contribution in [0.4, 0.5) is 17.1 Å². The number of furan rings is 1. The maximum Gasteiger partial charge on any atom is 0.301 e. The van der Waals surface area contributed by atoms with E-state index in [4.69, 9.17) is 28.1 Å². The highest BCUT2D eigenvalue weighted by Crippen LogP contribution is 2.39. The van der Waals surface area contributed by atoms with Crippen molar-refractivity contribution in [1.82, 2.24) is 0 Å². The fourth-order valence-electron chi connectivity index (χ4n) is 4.50. The Morgan fingerprint density at radius 3 is 2.08 bits per heavy atom. The summed E-state index contributed by atoms with van der Waals surface area (Å²) in [5.74, 6) is 1.75. The van der Waals surface area contributed by atoms with Crippen LogP contribution in [-0.2, 0) is 20.6 Å². The number of rotatable bonds is 4. The van der Waals surface area contributed by atoms with Gasteiger partial charge in [-0.1, -0.05) is 0 Å². The highest BCUT2D eigenvalue weighted by atomic mass is 16.6. The zero-order chi connectivity index (χ0) is 27.9. The fourth-order valence-corrected chi connectivity index (χ4v) is 4.50. The van der Waals surface area contributed by atoms with Crippen molar-refractivity contribution in [2.75, 3.05) is 58.3 Å². The summed E-state index contributed by atoms with van der Waals surface area (Å²) in [6.07, 6.45) is 2.05. The molecule has 14 nitrogen and oxygen atoms in total. The van der Waals surface area contributed by atoms with Crippen LogP contribution in [0, 0.1) is 20.2 Å². The van der Waals surface area contributed by atoms with Crippen LogP contribution in [0.15, 0.2) is 39.9 Å². The minimum Gasteiger partial charge on any atom is -0.487 e. The highest BCUT2D eigenvalue weighted by Gasteiger charge is 2.26. The van der Waals surface area contributed by atoms with Gasteiger partial charge in [0.05, 0.1) is 61.3 Å². The number of nitrogens with one attached hydrogen (secondary N) is 1. The molecule has 0 bridgehead atoms. The predicted octanol–water partition coefficient (Wildman–Crippen LogP) is 4.22. The molecule has 2 heterocycles. The molecule has 0 fully saturated rings. The second-order valence-electron chi connectivity index (χ2n) is 8.97. The van der Waals surface area contributed by atoms with Gasteiger partial charge in [0.2, 0.25) is 0 Å². The molecule has 0 unspecified atom stereocenters. The Kier molecular flexibility index (Phi) is 8.68. The lowest BCUT2D eigenvalue weighted by Gasteiger charge is -2.15. The zero-order valence-corrected chi connectivity index (χ0v) is 21.6. The van der Waals surface area contributed by atoms with Crippen LogP contribution < -0.4 is 14.9 Å². The molecule has 1 aliphatic carbocycles. The van der Waals surface area contributed by atoms with Crippen LogP contribution in [0.3, 0.4) is 0 Å². The van der Waals surface area contributed by atoms with E-state index in [0.717, 1.165) is 29.2 Å². The molecular weight excluding hydrogens is 528 g/mol. The minimum atomic E-state index is -0.688. The van der Waals surface area contributed by atoms with Crippen molar-refractivity contribution < 1.29 is 37.9 Å². The average Bonchev–Trinajstić information content (AvgIpc) is 3.31. The van der Waals surface area contributed by atoms with Crippen molar-refractivity contribution in [3.63, 3.8) is 0 Å². The molecular formula is C26H28N4O10. The molecule has 3 aromatic rings. The molecule has 40 heavy (non-hydrogen) atoms. The normalized spacial score (nSPS) is 17.9. The topological polar surface area (TPSA) is 170 Å². The van der Waals surface area contributed by atoms with Gasteiger partial charge in [-0.2, -0.15) is 5.10 Å². The molecule has 1 aliphatic heterocycles. The highest BCUT2D eigenvalue weighted by molar-refractivity contribution is 6.12. The summed E-state index contributed by atoms with van der Waals surface area (Å²) in [6.45, 7) is 3.20. The van der Waals surface area contributed by atoms with Gasteiger partial charge in [-0.05, 0) is 25.0 Å². The Labute approximate surface area is 228 Å². The zero-order valence-electron chi connectivity index (χ0n) is 21.6. The summed E-state index contributed by atoms with van der Waals surface area (Å²) in [7, 11) is 0. The minimum absolute atomic E-state index is 0.0410. The van der Waals surface area contributed by atoms with E-state index in [2.05, 4.69) is 10.5 Å².